The second kappa shape index (κ2) is 5.17. The number of halogens is 1. The quantitative estimate of drug-likeness (QED) is 0.924. The zero-order valence-electron chi connectivity index (χ0n) is 11.2. The molecule has 0 unspecified atom stereocenters. The van der Waals surface area contributed by atoms with Crippen molar-refractivity contribution < 1.29 is 0 Å². The zero-order valence-corrected chi connectivity index (χ0v) is 12.8. The molecule has 0 fully saturated rings. The van der Waals surface area contributed by atoms with Crippen molar-refractivity contribution in [3.63, 3.8) is 0 Å². The number of aromatic nitrogens is 2. The minimum Gasteiger partial charge on any atom is -0.398 e. The molecule has 0 radical (unpaired) electrons. The molecule has 0 saturated heterocycles. The maximum atomic E-state index is 12.1. The summed E-state index contributed by atoms with van der Waals surface area (Å²) in [6.07, 6.45) is 3.51. The topological polar surface area (TPSA) is 60.9 Å². The second-order valence-electron chi connectivity index (χ2n) is 4.70. The van der Waals surface area contributed by atoms with Crippen molar-refractivity contribution >= 4 is 21.6 Å². The van der Waals surface area contributed by atoms with Crippen LogP contribution in [0.25, 0.3) is 0 Å². The molecule has 0 atom stereocenters. The molecule has 100 valence electrons. The Morgan fingerprint density at radius 2 is 2.00 bits per heavy atom. The number of anilines is 1. The Morgan fingerprint density at radius 3 is 2.68 bits per heavy atom. The largest absolute Gasteiger partial charge is 0.398 e. The van der Waals surface area contributed by atoms with Gasteiger partial charge in [0.05, 0.1) is 12.2 Å². The molecule has 0 bridgehead atoms. The zero-order chi connectivity index (χ0) is 14.2. The predicted molar refractivity (Wildman–Crippen MR) is 80.4 cm³/mol. The van der Waals surface area contributed by atoms with E-state index in [1.807, 2.05) is 19.9 Å². The molecule has 5 heteroatoms. The third kappa shape index (κ3) is 2.71. The highest BCUT2D eigenvalue weighted by Gasteiger charge is 2.09. The Kier molecular flexibility index (Phi) is 3.75. The number of nitrogen functional groups attached to an aromatic ring is 1. The summed E-state index contributed by atoms with van der Waals surface area (Å²) >= 11 is 3.40. The van der Waals surface area contributed by atoms with Gasteiger partial charge in [0.15, 0.2) is 0 Å². The highest BCUT2D eigenvalue weighted by molar-refractivity contribution is 9.10. The summed E-state index contributed by atoms with van der Waals surface area (Å²) < 4.78 is 2.52. The number of nitrogens with zero attached hydrogens (tertiary/aromatic N) is 2. The molecule has 2 N–H and O–H groups in total. The maximum Gasteiger partial charge on any atom is 0.253 e. The van der Waals surface area contributed by atoms with Crippen molar-refractivity contribution in [2.45, 2.75) is 27.3 Å². The number of nitrogens with two attached hydrogens (primary N) is 1. The average Bonchev–Trinajstić information content (AvgIpc) is 2.36. The molecular formula is C14H16BrN3O. The molecule has 0 aliphatic rings. The van der Waals surface area contributed by atoms with Crippen LogP contribution in [0.1, 0.15) is 22.4 Å². The van der Waals surface area contributed by atoms with Crippen molar-refractivity contribution in [1.82, 2.24) is 9.55 Å². The van der Waals surface area contributed by atoms with E-state index in [1.165, 1.54) is 0 Å². The summed E-state index contributed by atoms with van der Waals surface area (Å²) in [5.41, 5.74) is 10.1. The van der Waals surface area contributed by atoms with Gasteiger partial charge in [-0.3, -0.25) is 9.78 Å². The van der Waals surface area contributed by atoms with Crippen LogP contribution in [-0.2, 0) is 6.54 Å². The number of hydrogen-bond acceptors (Lipinski definition) is 3. The van der Waals surface area contributed by atoms with Gasteiger partial charge in [-0.05, 0) is 53.9 Å². The van der Waals surface area contributed by atoms with Gasteiger partial charge in [-0.1, -0.05) is 0 Å². The van der Waals surface area contributed by atoms with Crippen LogP contribution in [-0.4, -0.2) is 9.55 Å². The fourth-order valence-corrected chi connectivity index (χ4v) is 2.56. The number of hydrogen-bond donors (Lipinski definition) is 1. The van der Waals surface area contributed by atoms with E-state index in [-0.39, 0.29) is 5.56 Å². The van der Waals surface area contributed by atoms with Gasteiger partial charge in [-0.25, -0.2) is 0 Å². The monoisotopic (exact) mass is 321 g/mol. The first-order chi connectivity index (χ1) is 8.90. The van der Waals surface area contributed by atoms with Gasteiger partial charge < -0.3 is 10.3 Å². The van der Waals surface area contributed by atoms with Gasteiger partial charge in [-0.15, -0.1) is 0 Å². The Balaban J connectivity index is 2.48. The van der Waals surface area contributed by atoms with E-state index in [9.17, 15) is 4.79 Å². The summed E-state index contributed by atoms with van der Waals surface area (Å²) in [5, 5.41) is 0. The van der Waals surface area contributed by atoms with Crippen LogP contribution in [0.3, 0.4) is 0 Å². The fourth-order valence-electron chi connectivity index (χ4n) is 1.97. The lowest BCUT2D eigenvalue weighted by atomic mass is 10.1. The molecule has 0 amide bonds. The molecule has 0 aliphatic carbocycles. The van der Waals surface area contributed by atoms with Gasteiger partial charge >= 0.3 is 0 Å². The molecule has 2 rings (SSSR count). The molecule has 0 aliphatic heterocycles. The van der Waals surface area contributed by atoms with Crippen molar-refractivity contribution in [3.8, 4) is 0 Å². The lowest BCUT2D eigenvalue weighted by Gasteiger charge is -2.12. The standard InChI is InChI=1S/C14H16BrN3O/c1-8-4-11(15)6-18(14(8)19)7-12-10(3)13(16)9(2)5-17-12/h4-6H,7H2,1-3H3,(H2,16,17). The van der Waals surface area contributed by atoms with Crippen LogP contribution in [0, 0.1) is 20.8 Å². The van der Waals surface area contributed by atoms with E-state index in [2.05, 4.69) is 20.9 Å². The van der Waals surface area contributed by atoms with Gasteiger partial charge in [0, 0.05) is 28.1 Å². The van der Waals surface area contributed by atoms with E-state index in [4.69, 9.17) is 5.73 Å². The van der Waals surface area contributed by atoms with E-state index in [1.54, 1.807) is 23.9 Å². The van der Waals surface area contributed by atoms with Gasteiger partial charge in [0.2, 0.25) is 0 Å². The van der Waals surface area contributed by atoms with Gasteiger partial charge in [0.25, 0.3) is 5.56 Å². The normalized spacial score (nSPS) is 10.7. The van der Waals surface area contributed by atoms with E-state index >= 15 is 0 Å². The Hall–Kier alpha value is -1.62. The van der Waals surface area contributed by atoms with Crippen molar-refractivity contribution in [1.29, 1.82) is 0 Å². The van der Waals surface area contributed by atoms with Crippen LogP contribution in [0.15, 0.2) is 27.7 Å². The highest BCUT2D eigenvalue weighted by Crippen LogP contribution is 2.18. The summed E-state index contributed by atoms with van der Waals surface area (Å²) in [6.45, 7) is 6.08. The minimum atomic E-state index is -0.0106. The predicted octanol–water partition coefficient (Wildman–Crippen LogP) is 2.56. The SMILES string of the molecule is Cc1cnc(Cn2cc(Br)cc(C)c2=O)c(C)c1N. The first-order valence-electron chi connectivity index (χ1n) is 5.97. The van der Waals surface area contributed by atoms with Crippen LogP contribution < -0.4 is 11.3 Å². The van der Waals surface area contributed by atoms with Crippen LogP contribution in [0.4, 0.5) is 5.69 Å². The third-order valence-corrected chi connectivity index (χ3v) is 3.66. The van der Waals surface area contributed by atoms with E-state index < -0.39 is 0 Å². The Morgan fingerprint density at radius 1 is 1.32 bits per heavy atom. The smallest absolute Gasteiger partial charge is 0.253 e. The Bertz CT molecular complexity index is 692. The van der Waals surface area contributed by atoms with E-state index in [0.717, 1.165) is 27.0 Å². The van der Waals surface area contributed by atoms with Gasteiger partial charge in [0.1, 0.15) is 0 Å². The van der Waals surface area contributed by atoms with E-state index in [0.29, 0.717) is 12.1 Å². The summed E-state index contributed by atoms with van der Waals surface area (Å²) in [5.74, 6) is 0. The Labute approximate surface area is 120 Å². The molecule has 2 aromatic heterocycles. The fraction of sp³-hybridized carbons (Fsp3) is 0.286. The maximum absolute atomic E-state index is 12.1. The molecule has 0 aromatic carbocycles. The van der Waals surface area contributed by atoms with Crippen LogP contribution >= 0.6 is 15.9 Å². The van der Waals surface area contributed by atoms with Crippen molar-refractivity contribution in [2.75, 3.05) is 5.73 Å². The average molecular weight is 322 g/mol. The molecule has 2 heterocycles. The minimum absolute atomic E-state index is 0.0106. The third-order valence-electron chi connectivity index (χ3n) is 3.23. The van der Waals surface area contributed by atoms with Crippen molar-refractivity contribution in [3.05, 3.63) is 55.7 Å². The molecule has 4 nitrogen and oxygen atoms in total. The first kappa shape index (κ1) is 13.8. The van der Waals surface area contributed by atoms with Gasteiger partial charge in [-0.2, -0.15) is 0 Å². The number of aryl methyl sites for hydroxylation is 2. The molecule has 2 aromatic rings. The second-order valence-corrected chi connectivity index (χ2v) is 5.62. The molecule has 0 spiro atoms. The molecule has 0 saturated carbocycles. The number of rotatable bonds is 2. The van der Waals surface area contributed by atoms with Crippen molar-refractivity contribution in [2.24, 2.45) is 0 Å². The first-order valence-corrected chi connectivity index (χ1v) is 6.76. The molecule has 19 heavy (non-hydrogen) atoms. The van der Waals surface area contributed by atoms with Crippen LogP contribution in [0.5, 0.6) is 0 Å². The summed E-state index contributed by atoms with van der Waals surface area (Å²) in [6, 6.07) is 1.81. The van der Waals surface area contributed by atoms with Crippen LogP contribution in [0.2, 0.25) is 0 Å². The summed E-state index contributed by atoms with van der Waals surface area (Å²) in [7, 11) is 0. The lowest BCUT2D eigenvalue weighted by Crippen LogP contribution is -2.23. The lowest BCUT2D eigenvalue weighted by molar-refractivity contribution is 0.725. The number of pyridine rings is 2. The highest BCUT2D eigenvalue weighted by atomic mass is 79.9. The summed E-state index contributed by atoms with van der Waals surface area (Å²) in [4.78, 5) is 16.5. The molecular weight excluding hydrogens is 306 g/mol.